The van der Waals surface area contributed by atoms with Crippen LogP contribution in [0.4, 0.5) is 14.4 Å². The number of nitrogens with zero attached hydrogens (tertiary/aromatic N) is 4. The number of ketones is 2. The second-order valence-corrected chi connectivity index (χ2v) is 32.4. The van der Waals surface area contributed by atoms with Crippen LogP contribution in [-0.2, 0) is 95.4 Å². The first-order valence-corrected chi connectivity index (χ1v) is 39.8. The number of carbonyl (C=O) groups is 16. The third-order valence-corrected chi connectivity index (χ3v) is 16.3. The van der Waals surface area contributed by atoms with Gasteiger partial charge >= 0.3 is 97.7 Å². The van der Waals surface area contributed by atoms with Gasteiger partial charge < -0.3 is 83.5 Å². The van der Waals surface area contributed by atoms with E-state index in [4.69, 9.17) is 33.9 Å². The Labute approximate surface area is 746 Å². The number of aryl methyl sites for hydroxylation is 3. The summed E-state index contributed by atoms with van der Waals surface area (Å²) in [6.45, 7) is 46.3. The molecule has 3 saturated heterocycles. The topological polar surface area (TPSA) is 498 Å². The number of aromatic amines is 3. The number of carboxylic acid groups (broad SMARTS) is 2. The summed E-state index contributed by atoms with van der Waals surface area (Å²) in [5, 5.41) is 20.3. The van der Waals surface area contributed by atoms with Crippen LogP contribution in [0.2, 0.25) is 0 Å². The van der Waals surface area contributed by atoms with Gasteiger partial charge in [0.15, 0.2) is 11.6 Å². The maximum atomic E-state index is 12.4. The maximum absolute atomic E-state index is 12.4. The Morgan fingerprint density at radius 2 is 0.876 bits per heavy atom. The second-order valence-electron chi connectivity index (χ2n) is 31.8. The van der Waals surface area contributed by atoms with Crippen molar-refractivity contribution in [3.8, 4) is 0 Å². The third kappa shape index (κ3) is 58.8. The molecule has 0 unspecified atom stereocenters. The standard InChI is InChI=1S/C15H25NO5.C11H15NO3.C10H13NO3.C10H18O4.C9H15NO3.C8H15NO3.C6H11BrO2.C6H11NO2.C5H7N.C3H6O2.2Li.H2O/c1-9(2)11-8-20-14(19)16(11)13(18)10(3)7-12(17)21-15(4,5)6;1-7(11(14)15-3)6-10(13)9-5-4-8(2)12-9;1-6(10(13)14)5-9(12)8-4-3-7(2)11-8;1-7(9(12)13-5)6-8(11)14-10(2,3)4;1-4-8(11)10-7(6(2)3)5-13-9(10)12;1-6(8(11)12-4)5-7(10)9(2)3;1-6(2,3)9-5(8)4-7;1-4(2)5-3-9-6(8)7-5;1-5-3-2-4-6-5;1-2-3(4)5;;;/h9-11H,7-8H2,1-6H3;4-5,7,12H,6H2,1-3H3;3-4,6,11H,5H2,1-2H3,(H,13,14);7H,6H2,1-5H3;6-7H,4-5H2,1-3H3;6H,5H2,1-4H3;4H2,1-3H3;4-5H,3H2,1-2H3,(H,7,8);2-4,6H,1H3;2H2,1H3,(H,4,5);;;1H2/q;;;;;;;;;;2*+1;/p-2/t10-,11-;7-;6-;2*7-;6-;;5-;;;;;/m111111.1...../s1. The van der Waals surface area contributed by atoms with E-state index in [1.807, 2.05) is 107 Å². The Morgan fingerprint density at radius 3 is 1.14 bits per heavy atom. The fourth-order valence-electron chi connectivity index (χ4n) is 9.15. The van der Waals surface area contributed by atoms with Crippen molar-refractivity contribution in [2.45, 2.75) is 253 Å². The van der Waals surface area contributed by atoms with Crippen LogP contribution in [0.15, 0.2) is 42.6 Å². The third-order valence-electron chi connectivity index (χ3n) is 15.8. The molecule has 0 saturated carbocycles. The van der Waals surface area contributed by atoms with Crippen molar-refractivity contribution in [3.05, 3.63) is 76.4 Å². The van der Waals surface area contributed by atoms with E-state index in [0.29, 0.717) is 36.9 Å². The zero-order chi connectivity index (χ0) is 92.6. The summed E-state index contributed by atoms with van der Waals surface area (Å²) >= 11 is 2.99. The van der Waals surface area contributed by atoms with Crippen molar-refractivity contribution in [3.63, 3.8) is 0 Å². The fourth-order valence-corrected chi connectivity index (χ4v) is 9.26. The minimum absolute atomic E-state index is 0. The van der Waals surface area contributed by atoms with Gasteiger partial charge in [0.2, 0.25) is 23.8 Å². The largest absolute Gasteiger partial charge is 1.00 e. The van der Waals surface area contributed by atoms with E-state index < -0.39 is 77.0 Å². The predicted molar refractivity (Wildman–Crippen MR) is 445 cm³/mol. The quantitative estimate of drug-likeness (QED) is 0.0199. The summed E-state index contributed by atoms with van der Waals surface area (Å²) in [4.78, 5) is 190. The number of hydrogen-bond acceptors (Lipinski definition) is 26. The number of halogens is 1. The number of amides is 6. The van der Waals surface area contributed by atoms with Gasteiger partial charge in [-0.15, -0.1) is 0 Å². The molecule has 35 nitrogen and oxygen atoms in total. The molecule has 3 aliphatic rings. The van der Waals surface area contributed by atoms with Gasteiger partial charge in [0, 0.05) is 75.4 Å². The molecule has 0 aromatic carbocycles. The van der Waals surface area contributed by atoms with Crippen LogP contribution in [-0.4, -0.2) is 236 Å². The SMILES string of the molecule is CC(C)(C)OC(=O)CBr.CC(C)[C@H]1COC(=O)N1C(=O)[C@H](C)CC(=O)OC(C)(C)C.CC(C)[C@H]1COC(=O)[N-]1.CCC(=O)N1C(=O)OC[C@@H]1C(C)C.CCC(=O)O.COC(=O)[C@H](C)CC(=O)N(C)C.COC(=O)[C@H](C)CC(=O)OC(C)(C)C.COC(=O)[C@H](C)CC(=O)c1ccc(C)[nH]1.Cc1ccc(C(=O)C[C@@H](C)C(=O)O)[nH]1.Cc1ccc[nH]1.[Li+].[Li+].[OH-]. The van der Waals surface area contributed by atoms with Crippen molar-refractivity contribution in [2.75, 3.05) is 60.6 Å². The number of carboxylic acids is 2. The average molecular weight is 1770 g/mol. The Hall–Kier alpha value is -8.81. The molecule has 6 N–H and O–H groups in total. The van der Waals surface area contributed by atoms with E-state index in [2.05, 4.69) is 55.1 Å². The van der Waals surface area contributed by atoms with E-state index in [-0.39, 0.29) is 188 Å². The van der Waals surface area contributed by atoms with Gasteiger partial charge in [-0.3, -0.25) is 67.1 Å². The monoisotopic (exact) mass is 1770 g/mol. The molecular formula is C83H136BrLi2N7O28. The number of methoxy groups -OCH3 is 3. The maximum Gasteiger partial charge on any atom is 1.00 e. The number of imide groups is 2. The van der Waals surface area contributed by atoms with E-state index in [1.165, 1.54) is 43.7 Å². The number of carbonyl (C=O) groups excluding carboxylic acids is 14. The molecule has 0 bridgehead atoms. The number of hydrogen-bond donors (Lipinski definition) is 5. The van der Waals surface area contributed by atoms with Gasteiger partial charge in [0.1, 0.15) is 35.3 Å². The van der Waals surface area contributed by atoms with Crippen LogP contribution in [0, 0.1) is 68.1 Å². The molecule has 121 heavy (non-hydrogen) atoms. The zero-order valence-electron chi connectivity index (χ0n) is 77.4. The number of alkyl halides is 1. The van der Waals surface area contributed by atoms with Crippen LogP contribution < -0.4 is 37.7 Å². The van der Waals surface area contributed by atoms with E-state index in [1.54, 1.807) is 115 Å². The summed E-state index contributed by atoms with van der Waals surface area (Å²) in [5.74, 6) is -6.34. The predicted octanol–water partition coefficient (Wildman–Crippen LogP) is 7.77. The molecular weight excluding hydrogens is 1640 g/mol. The normalized spacial score (nSPS) is 15.1. The number of nitrogens with one attached hydrogen (secondary N) is 3. The van der Waals surface area contributed by atoms with Crippen molar-refractivity contribution in [2.24, 2.45) is 47.3 Å². The van der Waals surface area contributed by atoms with E-state index in [0.717, 1.165) is 16.3 Å². The van der Waals surface area contributed by atoms with Crippen molar-refractivity contribution in [1.82, 2.24) is 29.7 Å². The first-order chi connectivity index (χ1) is 54.2. The zero-order valence-corrected chi connectivity index (χ0v) is 79.0. The summed E-state index contributed by atoms with van der Waals surface area (Å²) in [6, 6.07) is 10.8. The molecule has 0 radical (unpaired) electrons. The number of H-pyrrole nitrogens is 3. The van der Waals surface area contributed by atoms with Crippen molar-refractivity contribution >= 4 is 111 Å². The average Bonchev–Trinajstić information content (AvgIpc) is 1.69. The van der Waals surface area contributed by atoms with Gasteiger partial charge in [0.25, 0.3) is 0 Å². The Kier molecular flexibility index (Phi) is 66.4. The molecule has 8 atom stereocenters. The molecule has 6 rings (SSSR count). The van der Waals surface area contributed by atoms with Crippen molar-refractivity contribution in [1.29, 1.82) is 0 Å². The van der Waals surface area contributed by atoms with Crippen LogP contribution in [0.5, 0.6) is 0 Å². The van der Waals surface area contributed by atoms with Gasteiger partial charge in [-0.1, -0.05) is 118 Å². The number of Topliss-reactive ketones (excluding diaryl/α,β-unsaturated/α-hetero) is 2. The molecule has 0 aliphatic carbocycles. The minimum Gasteiger partial charge on any atom is -0.870 e. The first kappa shape index (κ1) is 125. The van der Waals surface area contributed by atoms with Gasteiger partial charge in [-0.05, 0) is 131 Å². The number of cyclic esters (lactones) is 3. The molecule has 3 aromatic rings. The molecule has 38 heteroatoms. The molecule has 680 valence electrons. The van der Waals surface area contributed by atoms with Gasteiger partial charge in [-0.25, -0.2) is 19.4 Å². The number of ether oxygens (including phenoxy) is 9. The molecule has 0 spiro atoms. The Morgan fingerprint density at radius 1 is 0.512 bits per heavy atom. The summed E-state index contributed by atoms with van der Waals surface area (Å²) in [6.07, 6.45) is 1.37. The van der Waals surface area contributed by atoms with Crippen LogP contribution >= 0.6 is 15.9 Å². The number of aliphatic carboxylic acids is 2. The summed E-state index contributed by atoms with van der Waals surface area (Å²) in [7, 11) is 7.26. The Balaban J connectivity index is -0.000000242. The second kappa shape index (κ2) is 64.0. The van der Waals surface area contributed by atoms with Gasteiger partial charge in [-0.2, -0.15) is 0 Å². The van der Waals surface area contributed by atoms with Crippen LogP contribution in [0.25, 0.3) is 5.32 Å². The minimum atomic E-state index is -0.943. The molecule has 6 heterocycles. The smallest absolute Gasteiger partial charge is 0.870 e. The van der Waals surface area contributed by atoms with Crippen LogP contribution in [0.3, 0.4) is 0 Å². The first-order valence-electron chi connectivity index (χ1n) is 38.6. The molecule has 6 amide bonds. The number of esters is 6. The van der Waals surface area contributed by atoms with E-state index in [9.17, 15) is 76.7 Å². The molecule has 3 aliphatic heterocycles. The molecule has 3 fully saturated rings. The van der Waals surface area contributed by atoms with Crippen LogP contribution in [0.1, 0.15) is 235 Å². The number of rotatable bonds is 23. The number of aromatic nitrogens is 3. The van der Waals surface area contributed by atoms with Crippen molar-refractivity contribution < 1.29 is 173 Å². The molecule has 3 aromatic heterocycles. The van der Waals surface area contributed by atoms with E-state index >= 15 is 0 Å². The summed E-state index contributed by atoms with van der Waals surface area (Å²) in [5.41, 5.74) is 2.62. The van der Waals surface area contributed by atoms with Gasteiger partial charge in [0.05, 0.1) is 87.9 Å². The Bertz CT molecular complexity index is 3630. The fraction of sp³-hybridized carbons (Fsp3) is 0.663. The summed E-state index contributed by atoms with van der Waals surface area (Å²) < 4.78 is 43.1.